The highest BCUT2D eigenvalue weighted by Gasteiger charge is 2.21. The van der Waals surface area contributed by atoms with Gasteiger partial charge in [-0.1, -0.05) is 12.1 Å². The maximum absolute atomic E-state index is 13.6. The van der Waals surface area contributed by atoms with E-state index in [2.05, 4.69) is 10.2 Å². The van der Waals surface area contributed by atoms with Gasteiger partial charge in [-0.05, 0) is 17.7 Å². The zero-order valence-electron chi connectivity index (χ0n) is 16.7. The molecule has 1 saturated heterocycles. The Bertz CT molecular complexity index is 978. The second-order valence-corrected chi connectivity index (χ2v) is 7.21. The van der Waals surface area contributed by atoms with Crippen molar-refractivity contribution in [1.29, 1.82) is 0 Å². The summed E-state index contributed by atoms with van der Waals surface area (Å²) in [6, 6.07) is 9.16. The Labute approximate surface area is 177 Å². The van der Waals surface area contributed by atoms with E-state index >= 15 is 0 Å². The van der Waals surface area contributed by atoms with Crippen molar-refractivity contribution in [3.05, 3.63) is 75.3 Å². The van der Waals surface area contributed by atoms with Gasteiger partial charge >= 0.3 is 0 Å². The molecule has 1 aliphatic rings. The van der Waals surface area contributed by atoms with Crippen molar-refractivity contribution in [3.63, 3.8) is 0 Å². The van der Waals surface area contributed by atoms with Crippen LogP contribution in [0.25, 0.3) is 0 Å². The number of nitrogens with zero attached hydrogens (tertiary/aromatic N) is 3. The first-order chi connectivity index (χ1) is 14.8. The molecule has 0 spiro atoms. The highest BCUT2D eigenvalue weighted by Crippen LogP contribution is 2.16. The van der Waals surface area contributed by atoms with Crippen LogP contribution in [0.3, 0.4) is 0 Å². The molecule has 0 aliphatic carbocycles. The highest BCUT2D eigenvalue weighted by molar-refractivity contribution is 5.94. The number of non-ortho nitro benzene ring substituents is 1. The minimum atomic E-state index is -0.955. The zero-order chi connectivity index (χ0) is 22.4. The van der Waals surface area contributed by atoms with Gasteiger partial charge in [0.1, 0.15) is 11.6 Å². The lowest BCUT2D eigenvalue weighted by Gasteiger charge is -2.34. The van der Waals surface area contributed by atoms with Crippen molar-refractivity contribution in [1.82, 2.24) is 15.1 Å². The number of rotatable bonds is 7. The van der Waals surface area contributed by atoms with Gasteiger partial charge in [-0.15, -0.1) is 0 Å². The lowest BCUT2D eigenvalue weighted by Crippen LogP contribution is -2.48. The van der Waals surface area contributed by atoms with E-state index in [1.165, 1.54) is 6.07 Å². The van der Waals surface area contributed by atoms with E-state index in [1.54, 1.807) is 17.0 Å². The number of halogens is 2. The van der Waals surface area contributed by atoms with Gasteiger partial charge in [-0.2, -0.15) is 0 Å². The molecule has 0 atom stereocenters. The first-order valence-corrected chi connectivity index (χ1v) is 9.80. The summed E-state index contributed by atoms with van der Waals surface area (Å²) in [5.41, 5.74) is 0.613. The Hall–Kier alpha value is -3.40. The lowest BCUT2D eigenvalue weighted by atomic mass is 10.1. The molecular weight excluding hydrogens is 410 g/mol. The molecule has 0 saturated carbocycles. The molecule has 31 heavy (non-hydrogen) atoms. The molecule has 1 aliphatic heterocycles. The molecule has 3 rings (SSSR count). The summed E-state index contributed by atoms with van der Waals surface area (Å²) in [5.74, 6) is -2.56. The predicted molar refractivity (Wildman–Crippen MR) is 108 cm³/mol. The molecule has 0 radical (unpaired) electrons. The molecule has 10 heteroatoms. The van der Waals surface area contributed by atoms with Crippen molar-refractivity contribution in [2.45, 2.75) is 13.0 Å². The van der Waals surface area contributed by atoms with E-state index in [9.17, 15) is 28.5 Å². The SMILES string of the molecule is O=C(NCCC(=O)N1CCN(Cc2cccc([N+](=O)[O-])c2)CC1)c1ccc(F)cc1F. The molecule has 2 aromatic carbocycles. The molecule has 164 valence electrons. The predicted octanol–water partition coefficient (Wildman–Crippen LogP) is 2.34. The van der Waals surface area contributed by atoms with Crippen LogP contribution in [0.4, 0.5) is 14.5 Å². The van der Waals surface area contributed by atoms with Crippen LogP contribution in [0.15, 0.2) is 42.5 Å². The van der Waals surface area contributed by atoms with Crippen LogP contribution >= 0.6 is 0 Å². The topological polar surface area (TPSA) is 95.8 Å². The Morgan fingerprint density at radius 3 is 2.48 bits per heavy atom. The minimum Gasteiger partial charge on any atom is -0.351 e. The average molecular weight is 432 g/mol. The first-order valence-electron chi connectivity index (χ1n) is 9.80. The van der Waals surface area contributed by atoms with Gasteiger partial charge in [0.15, 0.2) is 0 Å². The molecule has 2 aromatic rings. The molecule has 1 N–H and O–H groups in total. The van der Waals surface area contributed by atoms with Gasteiger partial charge in [0.25, 0.3) is 11.6 Å². The number of carbonyl (C=O) groups excluding carboxylic acids is 2. The summed E-state index contributed by atoms with van der Waals surface area (Å²) >= 11 is 0. The number of hydrogen-bond donors (Lipinski definition) is 1. The number of piperazine rings is 1. The molecule has 1 fully saturated rings. The van der Waals surface area contributed by atoms with E-state index in [0.29, 0.717) is 38.8 Å². The molecule has 0 bridgehead atoms. The Morgan fingerprint density at radius 1 is 1.06 bits per heavy atom. The van der Waals surface area contributed by atoms with Crippen molar-refractivity contribution >= 4 is 17.5 Å². The van der Waals surface area contributed by atoms with E-state index < -0.39 is 22.5 Å². The van der Waals surface area contributed by atoms with Crippen LogP contribution in [-0.2, 0) is 11.3 Å². The fourth-order valence-corrected chi connectivity index (χ4v) is 3.39. The van der Waals surface area contributed by atoms with Crippen molar-refractivity contribution < 1.29 is 23.3 Å². The Morgan fingerprint density at radius 2 is 1.81 bits per heavy atom. The highest BCUT2D eigenvalue weighted by atomic mass is 19.1. The van der Waals surface area contributed by atoms with E-state index in [-0.39, 0.29) is 30.1 Å². The van der Waals surface area contributed by atoms with Crippen LogP contribution in [0.2, 0.25) is 0 Å². The summed E-state index contributed by atoms with van der Waals surface area (Å²) in [5, 5.41) is 13.4. The Balaban J connectivity index is 1.41. The number of nitro groups is 1. The van der Waals surface area contributed by atoms with E-state index in [0.717, 1.165) is 17.7 Å². The van der Waals surface area contributed by atoms with E-state index in [1.807, 2.05) is 6.07 Å². The van der Waals surface area contributed by atoms with Crippen molar-refractivity contribution in [2.24, 2.45) is 0 Å². The molecule has 0 aromatic heterocycles. The van der Waals surface area contributed by atoms with Crippen LogP contribution in [-0.4, -0.2) is 59.3 Å². The number of amides is 2. The normalized spacial score (nSPS) is 14.3. The van der Waals surface area contributed by atoms with Crippen LogP contribution in [0.1, 0.15) is 22.3 Å². The van der Waals surface area contributed by atoms with Gasteiger partial charge in [0.05, 0.1) is 10.5 Å². The van der Waals surface area contributed by atoms with Crippen LogP contribution in [0, 0.1) is 21.7 Å². The summed E-state index contributed by atoms with van der Waals surface area (Å²) in [4.78, 5) is 38.6. The third-order valence-electron chi connectivity index (χ3n) is 5.05. The second-order valence-electron chi connectivity index (χ2n) is 7.21. The van der Waals surface area contributed by atoms with Gasteiger partial charge in [-0.25, -0.2) is 8.78 Å². The summed E-state index contributed by atoms with van der Waals surface area (Å²) in [6.07, 6.45) is 0.0689. The van der Waals surface area contributed by atoms with Crippen molar-refractivity contribution in [2.75, 3.05) is 32.7 Å². The minimum absolute atomic E-state index is 0.0440. The summed E-state index contributed by atoms with van der Waals surface area (Å²) < 4.78 is 26.5. The lowest BCUT2D eigenvalue weighted by molar-refractivity contribution is -0.384. The number of hydrogen-bond acceptors (Lipinski definition) is 5. The zero-order valence-corrected chi connectivity index (χ0v) is 16.7. The quantitative estimate of drug-likeness (QED) is 0.535. The molecule has 2 amide bonds. The van der Waals surface area contributed by atoms with Gasteiger partial charge in [0.2, 0.25) is 5.91 Å². The maximum atomic E-state index is 13.6. The van der Waals surface area contributed by atoms with Gasteiger partial charge < -0.3 is 10.2 Å². The second kappa shape index (κ2) is 10.1. The van der Waals surface area contributed by atoms with Crippen LogP contribution < -0.4 is 5.32 Å². The third kappa shape index (κ3) is 6.05. The molecule has 0 unspecified atom stereocenters. The fourth-order valence-electron chi connectivity index (χ4n) is 3.39. The first kappa shape index (κ1) is 22.3. The maximum Gasteiger partial charge on any atom is 0.269 e. The summed E-state index contributed by atoms with van der Waals surface area (Å²) in [7, 11) is 0. The number of benzene rings is 2. The molecule has 1 heterocycles. The van der Waals surface area contributed by atoms with Gasteiger partial charge in [-0.3, -0.25) is 24.6 Å². The fraction of sp³-hybridized carbons (Fsp3) is 0.333. The Kier molecular flexibility index (Phi) is 7.24. The van der Waals surface area contributed by atoms with E-state index in [4.69, 9.17) is 0 Å². The number of carbonyl (C=O) groups is 2. The molecule has 8 nitrogen and oxygen atoms in total. The third-order valence-corrected chi connectivity index (χ3v) is 5.05. The summed E-state index contributed by atoms with van der Waals surface area (Å²) in [6.45, 7) is 2.87. The van der Waals surface area contributed by atoms with Gasteiger partial charge in [0, 0.05) is 63.9 Å². The number of nitrogens with one attached hydrogen (secondary N) is 1. The largest absolute Gasteiger partial charge is 0.351 e. The standard InChI is InChI=1S/C21H22F2N4O4/c22-16-4-5-18(19(23)13-16)21(29)24-7-6-20(28)26-10-8-25(9-11-26)14-15-2-1-3-17(12-15)27(30)31/h1-5,12-13H,6-11,14H2,(H,24,29). The number of nitro benzene ring substituents is 1. The van der Waals surface area contributed by atoms with Crippen molar-refractivity contribution in [3.8, 4) is 0 Å². The molecular formula is C21H22F2N4O4. The van der Waals surface area contributed by atoms with Crippen LogP contribution in [0.5, 0.6) is 0 Å². The monoisotopic (exact) mass is 432 g/mol. The smallest absolute Gasteiger partial charge is 0.269 e. The average Bonchev–Trinajstić information content (AvgIpc) is 2.74.